The minimum atomic E-state index is -0.660. The molecule has 1 N–H and O–H groups in total. The molecular weight excluding hydrogens is 591 g/mol. The summed E-state index contributed by atoms with van der Waals surface area (Å²) in [5, 5.41) is 3.54. The number of methoxy groups -OCH3 is 2. The predicted octanol–water partition coefficient (Wildman–Crippen LogP) is 5.82. The van der Waals surface area contributed by atoms with E-state index in [9.17, 15) is 14.4 Å². The van der Waals surface area contributed by atoms with E-state index in [1.807, 2.05) is 0 Å². The van der Waals surface area contributed by atoms with E-state index in [4.69, 9.17) is 37.1 Å². The lowest BCUT2D eigenvalue weighted by atomic mass is 10.1. The number of hydrogen-bond acceptors (Lipinski definition) is 7. The summed E-state index contributed by atoms with van der Waals surface area (Å²) in [7, 11) is 2.71. The van der Waals surface area contributed by atoms with E-state index in [-0.39, 0.29) is 30.4 Å². The van der Waals surface area contributed by atoms with Crippen molar-refractivity contribution in [2.75, 3.05) is 14.2 Å². The van der Waals surface area contributed by atoms with Crippen molar-refractivity contribution < 1.29 is 33.0 Å². The second-order valence-electron chi connectivity index (χ2n) is 7.70. The third-order valence-corrected chi connectivity index (χ3v) is 6.45. The van der Waals surface area contributed by atoms with E-state index in [1.165, 1.54) is 32.4 Å². The summed E-state index contributed by atoms with van der Waals surface area (Å²) in [5.74, 6) is -0.181. The summed E-state index contributed by atoms with van der Waals surface area (Å²) in [5.41, 5.74) is 1.36. The number of esters is 1. The molecule has 192 valence electrons. The lowest BCUT2D eigenvalue weighted by molar-refractivity contribution is -0.123. The van der Waals surface area contributed by atoms with Crippen LogP contribution in [0.15, 0.2) is 57.1 Å². The number of carbonyl (C=O) groups is 3. The largest absolute Gasteiger partial charge is 0.493 e. The number of carbonyl (C=O) groups excluding carboxylic acids is 3. The summed E-state index contributed by atoms with van der Waals surface area (Å²) in [6.07, 6.45) is 1.51. The maximum atomic E-state index is 12.9. The van der Waals surface area contributed by atoms with Crippen LogP contribution in [0.25, 0.3) is 6.08 Å². The number of hydrogen-bond donors (Lipinski definition) is 1. The molecule has 1 aromatic heterocycles. The highest BCUT2D eigenvalue weighted by molar-refractivity contribution is 9.10. The Morgan fingerprint density at radius 1 is 1.14 bits per heavy atom. The third-order valence-electron chi connectivity index (χ3n) is 5.27. The van der Waals surface area contributed by atoms with Crippen molar-refractivity contribution in [2.24, 2.45) is 0 Å². The Morgan fingerprint density at radius 3 is 2.62 bits per heavy atom. The van der Waals surface area contributed by atoms with Gasteiger partial charge >= 0.3 is 12.0 Å². The van der Waals surface area contributed by atoms with E-state index >= 15 is 0 Å². The number of amides is 3. The molecule has 9 nitrogen and oxygen atoms in total. The van der Waals surface area contributed by atoms with Gasteiger partial charge in [-0.3, -0.25) is 9.69 Å². The van der Waals surface area contributed by atoms with Gasteiger partial charge in [0.05, 0.1) is 25.2 Å². The third kappa shape index (κ3) is 5.93. The zero-order chi connectivity index (χ0) is 26.7. The van der Waals surface area contributed by atoms with Crippen LogP contribution in [0.2, 0.25) is 10.0 Å². The Bertz CT molecular complexity index is 1420. The van der Waals surface area contributed by atoms with Gasteiger partial charge in [-0.05, 0) is 64.0 Å². The molecule has 4 rings (SSSR count). The first-order chi connectivity index (χ1) is 17.7. The standard InChI is InChI=1S/C25H19BrCl2N2O7/c1-34-21-9-13(7-17(26)22(21)36-12-14-3-4-15(27)10-18(14)28)8-19-23(31)30(25(33)29-19)11-16-5-6-20(37-16)24(32)35-2/h3-10H,11-12H2,1-2H3,(H,29,33)/b19-8-. The Kier molecular flexibility index (Phi) is 8.11. The molecule has 0 atom stereocenters. The number of nitrogens with zero attached hydrogens (tertiary/aromatic N) is 1. The second kappa shape index (κ2) is 11.3. The van der Waals surface area contributed by atoms with Crippen molar-refractivity contribution in [3.8, 4) is 11.5 Å². The smallest absolute Gasteiger partial charge is 0.373 e. The molecule has 1 aliphatic heterocycles. The molecule has 1 saturated heterocycles. The van der Waals surface area contributed by atoms with Crippen LogP contribution in [0, 0.1) is 0 Å². The quantitative estimate of drug-likeness (QED) is 0.195. The fraction of sp³-hybridized carbons (Fsp3) is 0.160. The monoisotopic (exact) mass is 608 g/mol. The van der Waals surface area contributed by atoms with E-state index < -0.39 is 17.9 Å². The summed E-state index contributed by atoms with van der Waals surface area (Å²) in [6, 6.07) is 10.8. The van der Waals surface area contributed by atoms with Crippen LogP contribution in [0.5, 0.6) is 11.5 Å². The van der Waals surface area contributed by atoms with Gasteiger partial charge in [-0.15, -0.1) is 0 Å². The van der Waals surface area contributed by atoms with E-state index in [0.29, 0.717) is 31.6 Å². The van der Waals surface area contributed by atoms with Crippen molar-refractivity contribution >= 4 is 63.1 Å². The summed E-state index contributed by atoms with van der Waals surface area (Å²) in [6.45, 7) is 0.00538. The lowest BCUT2D eigenvalue weighted by Gasteiger charge is -2.14. The molecule has 0 bridgehead atoms. The Morgan fingerprint density at radius 2 is 1.92 bits per heavy atom. The van der Waals surface area contributed by atoms with Gasteiger partial charge in [0.2, 0.25) is 5.76 Å². The van der Waals surface area contributed by atoms with Crippen molar-refractivity contribution in [2.45, 2.75) is 13.2 Å². The molecule has 0 unspecified atom stereocenters. The van der Waals surface area contributed by atoms with Crippen LogP contribution in [0.4, 0.5) is 4.79 Å². The number of urea groups is 1. The predicted molar refractivity (Wildman–Crippen MR) is 139 cm³/mol. The minimum Gasteiger partial charge on any atom is -0.493 e. The van der Waals surface area contributed by atoms with Crippen molar-refractivity contribution in [1.82, 2.24) is 10.2 Å². The van der Waals surface area contributed by atoms with Crippen molar-refractivity contribution in [3.63, 3.8) is 0 Å². The van der Waals surface area contributed by atoms with Gasteiger partial charge in [0.15, 0.2) is 11.5 Å². The van der Waals surface area contributed by atoms with Crippen LogP contribution < -0.4 is 14.8 Å². The van der Waals surface area contributed by atoms with Crippen LogP contribution in [0.1, 0.15) is 27.4 Å². The van der Waals surface area contributed by atoms with Crippen LogP contribution in [0.3, 0.4) is 0 Å². The molecule has 37 heavy (non-hydrogen) atoms. The first kappa shape index (κ1) is 26.6. The highest BCUT2D eigenvalue weighted by atomic mass is 79.9. The molecule has 12 heteroatoms. The van der Waals surface area contributed by atoms with Gasteiger partial charge in [-0.1, -0.05) is 29.3 Å². The van der Waals surface area contributed by atoms with Gasteiger partial charge in [-0.2, -0.15) is 0 Å². The van der Waals surface area contributed by atoms with E-state index in [0.717, 1.165) is 10.5 Å². The number of rotatable bonds is 8. The molecule has 0 spiro atoms. The van der Waals surface area contributed by atoms with E-state index in [1.54, 1.807) is 30.3 Å². The van der Waals surface area contributed by atoms with Crippen molar-refractivity contribution in [3.05, 3.63) is 85.3 Å². The maximum absolute atomic E-state index is 12.9. The topological polar surface area (TPSA) is 107 Å². The zero-order valence-electron chi connectivity index (χ0n) is 19.5. The molecule has 2 aromatic carbocycles. The summed E-state index contributed by atoms with van der Waals surface area (Å²) in [4.78, 5) is 37.9. The van der Waals surface area contributed by atoms with Gasteiger partial charge < -0.3 is 23.9 Å². The van der Waals surface area contributed by atoms with Crippen LogP contribution >= 0.6 is 39.1 Å². The average Bonchev–Trinajstić information content (AvgIpc) is 3.44. The number of halogens is 3. The molecule has 0 saturated carbocycles. The fourth-order valence-corrected chi connectivity index (χ4v) is 4.50. The highest BCUT2D eigenvalue weighted by Gasteiger charge is 2.34. The first-order valence-corrected chi connectivity index (χ1v) is 12.2. The number of imide groups is 1. The molecule has 1 fully saturated rings. The normalized spacial score (nSPS) is 14.2. The average molecular weight is 610 g/mol. The molecule has 3 aromatic rings. The summed E-state index contributed by atoms with van der Waals surface area (Å²) >= 11 is 15.6. The fourth-order valence-electron chi connectivity index (χ4n) is 3.46. The highest BCUT2D eigenvalue weighted by Crippen LogP contribution is 2.38. The Labute approximate surface area is 230 Å². The summed E-state index contributed by atoms with van der Waals surface area (Å²) < 4.78 is 21.9. The molecule has 0 radical (unpaired) electrons. The molecular formula is C25H19BrCl2N2O7. The first-order valence-electron chi connectivity index (χ1n) is 10.7. The number of furan rings is 1. The van der Waals surface area contributed by atoms with E-state index in [2.05, 4.69) is 26.0 Å². The Balaban J connectivity index is 1.51. The lowest BCUT2D eigenvalue weighted by Crippen LogP contribution is -2.30. The number of benzene rings is 2. The number of ether oxygens (including phenoxy) is 3. The maximum Gasteiger partial charge on any atom is 0.373 e. The van der Waals surface area contributed by atoms with Gasteiger partial charge in [-0.25, -0.2) is 9.59 Å². The molecule has 3 amide bonds. The van der Waals surface area contributed by atoms with Crippen LogP contribution in [-0.4, -0.2) is 37.0 Å². The van der Waals surface area contributed by atoms with Gasteiger partial charge in [0.1, 0.15) is 18.1 Å². The zero-order valence-corrected chi connectivity index (χ0v) is 22.6. The minimum absolute atomic E-state index is 0.0297. The number of nitrogens with one attached hydrogen (secondary N) is 1. The molecule has 2 heterocycles. The van der Waals surface area contributed by atoms with Crippen molar-refractivity contribution in [1.29, 1.82) is 0 Å². The second-order valence-corrected chi connectivity index (χ2v) is 9.39. The molecule has 1 aliphatic rings. The SMILES string of the molecule is COC(=O)c1ccc(CN2C(=O)N/C(=C\c3cc(Br)c(OCc4ccc(Cl)cc4Cl)c(OC)c3)C2=O)o1. The van der Waals surface area contributed by atoms with Crippen LogP contribution in [-0.2, 0) is 22.7 Å². The van der Waals surface area contributed by atoms with Gasteiger partial charge in [0, 0.05) is 15.6 Å². The Hall–Kier alpha value is -3.47. The molecule has 0 aliphatic carbocycles. The van der Waals surface area contributed by atoms with Gasteiger partial charge in [0.25, 0.3) is 5.91 Å².